The van der Waals surface area contributed by atoms with Gasteiger partial charge in [0.15, 0.2) is 5.69 Å². The summed E-state index contributed by atoms with van der Waals surface area (Å²) in [4.78, 5) is 18.4. The van der Waals surface area contributed by atoms with Crippen LogP contribution in [-0.4, -0.2) is 32.9 Å². The van der Waals surface area contributed by atoms with Gasteiger partial charge in [0, 0.05) is 0 Å². The summed E-state index contributed by atoms with van der Waals surface area (Å²) >= 11 is 2.12. The Bertz CT molecular complexity index is 700. The molecule has 0 aliphatic rings. The summed E-state index contributed by atoms with van der Waals surface area (Å²) in [6, 6.07) is 0. The van der Waals surface area contributed by atoms with E-state index in [-0.39, 0.29) is 22.3 Å². The van der Waals surface area contributed by atoms with E-state index in [2.05, 4.69) is 9.98 Å². The summed E-state index contributed by atoms with van der Waals surface area (Å²) in [6.07, 6.45) is -5.52. The van der Waals surface area contributed by atoms with Crippen molar-refractivity contribution in [1.82, 2.24) is 4.98 Å². The Labute approximate surface area is 155 Å². The third-order valence-corrected chi connectivity index (χ3v) is 5.04. The molecule has 146 valence electrons. The fourth-order valence-corrected chi connectivity index (χ4v) is 3.26. The van der Waals surface area contributed by atoms with Gasteiger partial charge in [-0.05, 0) is 30.4 Å². The highest BCUT2D eigenvalue weighted by atomic mass is 32.2. The molecule has 26 heavy (non-hydrogen) atoms. The van der Waals surface area contributed by atoms with Crippen molar-refractivity contribution in [2.75, 3.05) is 12.5 Å². The van der Waals surface area contributed by atoms with Gasteiger partial charge >= 0.3 is 12.1 Å². The number of carboxylic acids is 1. The zero-order chi connectivity index (χ0) is 20.2. The van der Waals surface area contributed by atoms with E-state index in [4.69, 9.17) is 0 Å². The monoisotopic (exact) mass is 416 g/mol. The fourth-order valence-electron chi connectivity index (χ4n) is 2.23. The molecule has 0 aliphatic carbocycles. The minimum atomic E-state index is -5.06. The lowest BCUT2D eigenvalue weighted by atomic mass is 9.94. The summed E-state index contributed by atoms with van der Waals surface area (Å²) in [5.74, 6) is -2.05. The van der Waals surface area contributed by atoms with Crippen LogP contribution in [-0.2, 0) is 12.6 Å². The first-order valence-electron chi connectivity index (χ1n) is 7.26. The molecule has 1 aromatic heterocycles. The molecule has 0 saturated carbocycles. The zero-order valence-corrected chi connectivity index (χ0v) is 16.0. The van der Waals surface area contributed by atoms with E-state index in [1.165, 1.54) is 0 Å². The average Bonchev–Trinajstić information content (AvgIpc) is 2.50. The van der Waals surface area contributed by atoms with E-state index < -0.39 is 41.2 Å². The smallest absolute Gasteiger partial charge is 0.435 e. The van der Waals surface area contributed by atoms with Crippen molar-refractivity contribution in [3.63, 3.8) is 0 Å². The second kappa shape index (κ2) is 9.03. The van der Waals surface area contributed by atoms with Gasteiger partial charge in [0.05, 0.1) is 11.3 Å². The van der Waals surface area contributed by atoms with Gasteiger partial charge in [0.2, 0.25) is 0 Å². The minimum absolute atomic E-state index is 0.165. The second-order valence-corrected chi connectivity index (χ2v) is 7.38. The van der Waals surface area contributed by atoms with Crippen LogP contribution >= 0.6 is 23.5 Å². The van der Waals surface area contributed by atoms with E-state index in [1.54, 1.807) is 26.4 Å². The summed E-state index contributed by atoms with van der Waals surface area (Å²) in [5.41, 5.74) is -5.01. The Morgan fingerprint density at radius 3 is 2.12 bits per heavy atom. The molecule has 0 aliphatic heterocycles. The predicted octanol–water partition coefficient (Wildman–Crippen LogP) is 5.65. The molecule has 0 fully saturated rings. The number of hydrogen-bond donors (Lipinski definition) is 1. The van der Waals surface area contributed by atoms with Crippen molar-refractivity contribution in [3.05, 3.63) is 22.5 Å². The van der Waals surface area contributed by atoms with E-state index in [9.17, 15) is 31.9 Å². The molecule has 0 atom stereocenters. The fraction of sp³-hybridized carbons (Fsp3) is 0.533. The number of alkyl halides is 5. The number of pyridine rings is 1. The summed E-state index contributed by atoms with van der Waals surface area (Å²) < 4.78 is 67.1. The number of aromatic carboxylic acids is 1. The lowest BCUT2D eigenvalue weighted by molar-refractivity contribution is -0.140. The van der Waals surface area contributed by atoms with Crippen molar-refractivity contribution in [1.29, 1.82) is 0 Å². The molecular weight excluding hydrogens is 399 g/mol. The summed E-state index contributed by atoms with van der Waals surface area (Å²) in [7, 11) is 0. The van der Waals surface area contributed by atoms with Gasteiger partial charge in [0.1, 0.15) is 10.1 Å². The molecule has 11 heteroatoms. The van der Waals surface area contributed by atoms with Crippen molar-refractivity contribution in [3.8, 4) is 0 Å². The second-order valence-electron chi connectivity index (χ2n) is 5.54. The number of rotatable bonds is 5. The van der Waals surface area contributed by atoms with Gasteiger partial charge in [0.25, 0.3) is 6.43 Å². The van der Waals surface area contributed by atoms with Gasteiger partial charge in [-0.1, -0.05) is 13.8 Å². The lowest BCUT2D eigenvalue weighted by Gasteiger charge is -2.20. The van der Waals surface area contributed by atoms with Crippen LogP contribution in [0.5, 0.6) is 0 Å². The van der Waals surface area contributed by atoms with Crippen LogP contribution in [0.25, 0.3) is 0 Å². The van der Waals surface area contributed by atoms with Crippen molar-refractivity contribution < 1.29 is 31.9 Å². The van der Waals surface area contributed by atoms with Gasteiger partial charge in [-0.15, -0.1) is 23.5 Å². The molecule has 0 aromatic carbocycles. The molecule has 0 unspecified atom stereocenters. The number of carboxylic acid groups (broad SMARTS) is 1. The van der Waals surface area contributed by atoms with Gasteiger partial charge in [-0.2, -0.15) is 13.2 Å². The maximum absolute atomic E-state index is 13.5. The number of thioether (sulfide) groups is 2. The molecule has 0 saturated heterocycles. The number of carbonyl (C=O) groups is 1. The Kier molecular flexibility index (Phi) is 7.87. The van der Waals surface area contributed by atoms with E-state index >= 15 is 0 Å². The highest BCUT2D eigenvalue weighted by Gasteiger charge is 2.41. The highest BCUT2D eigenvalue weighted by Crippen LogP contribution is 2.42. The predicted molar refractivity (Wildman–Crippen MR) is 93.8 cm³/mol. The maximum Gasteiger partial charge on any atom is 0.435 e. The number of hydrogen-bond acceptors (Lipinski definition) is 5. The van der Waals surface area contributed by atoms with Gasteiger partial charge in [-0.3, -0.25) is 0 Å². The van der Waals surface area contributed by atoms with Crippen LogP contribution in [0.1, 0.15) is 47.6 Å². The van der Waals surface area contributed by atoms with E-state index in [0.29, 0.717) is 0 Å². The molecular formula is C15H17F5N2O2S2. The molecule has 0 radical (unpaired) electrons. The molecule has 1 heterocycles. The summed E-state index contributed by atoms with van der Waals surface area (Å²) in [5, 5.41) is 9.36. The van der Waals surface area contributed by atoms with Gasteiger partial charge in [-0.25, -0.2) is 23.6 Å². The molecule has 0 bridgehead atoms. The number of halogens is 5. The van der Waals surface area contributed by atoms with Crippen LogP contribution in [0, 0.1) is 5.92 Å². The van der Waals surface area contributed by atoms with Crippen molar-refractivity contribution >= 4 is 39.6 Å². The van der Waals surface area contributed by atoms with E-state index in [0.717, 1.165) is 23.5 Å². The van der Waals surface area contributed by atoms with Crippen LogP contribution in [0.4, 0.5) is 27.6 Å². The third-order valence-electron chi connectivity index (χ3n) is 3.15. The molecule has 1 N–H and O–H groups in total. The molecule has 4 nitrogen and oxygen atoms in total. The average molecular weight is 416 g/mol. The van der Waals surface area contributed by atoms with Crippen LogP contribution in [0.3, 0.4) is 0 Å². The standard InChI is InChI=1S/C15H17F5N2O2S2/c1-6(2)5-7-8(13(23)24)10(12(16)17)21-11(15(18,19)20)9(7)22-14(25-3)26-4/h6,12H,5H2,1-4H3,(H,23,24). The largest absolute Gasteiger partial charge is 0.478 e. The normalized spacial score (nSPS) is 12.0. The van der Waals surface area contributed by atoms with Crippen molar-refractivity contribution in [2.24, 2.45) is 10.9 Å². The van der Waals surface area contributed by atoms with Crippen LogP contribution in [0.15, 0.2) is 4.99 Å². The van der Waals surface area contributed by atoms with Crippen molar-refractivity contribution in [2.45, 2.75) is 32.9 Å². The van der Waals surface area contributed by atoms with Gasteiger partial charge < -0.3 is 5.11 Å². The molecule has 1 aromatic rings. The Hall–Kier alpha value is -1.36. The quantitative estimate of drug-likeness (QED) is 0.382. The third kappa shape index (κ3) is 5.32. The molecule has 1 rings (SSSR count). The Morgan fingerprint density at radius 1 is 1.23 bits per heavy atom. The molecule has 0 spiro atoms. The van der Waals surface area contributed by atoms with Crippen LogP contribution < -0.4 is 0 Å². The Morgan fingerprint density at radius 2 is 1.77 bits per heavy atom. The summed E-state index contributed by atoms with van der Waals surface area (Å²) in [6.45, 7) is 3.28. The topological polar surface area (TPSA) is 62.5 Å². The maximum atomic E-state index is 13.5. The molecule has 0 amide bonds. The highest BCUT2D eigenvalue weighted by molar-refractivity contribution is 8.38. The SMILES string of the molecule is CSC(=Nc1c(C(F)(F)F)nc(C(F)F)c(C(=O)O)c1CC(C)C)SC. The first-order valence-corrected chi connectivity index (χ1v) is 9.70. The number of aromatic nitrogens is 1. The zero-order valence-electron chi connectivity index (χ0n) is 14.3. The van der Waals surface area contributed by atoms with E-state index in [1.807, 2.05) is 0 Å². The number of nitrogens with zero attached hydrogens (tertiary/aromatic N) is 2. The lowest BCUT2D eigenvalue weighted by Crippen LogP contribution is -2.18. The first-order chi connectivity index (χ1) is 11.9. The van der Waals surface area contributed by atoms with Crippen LogP contribution in [0.2, 0.25) is 0 Å². The minimum Gasteiger partial charge on any atom is -0.478 e. The Balaban J connectivity index is 4.06. The first kappa shape index (κ1) is 22.7. The number of aliphatic imine (C=N–C) groups is 1.